The van der Waals surface area contributed by atoms with E-state index in [1.807, 2.05) is 0 Å². The fraction of sp³-hybridized carbons (Fsp3) is 0.562. The van der Waals surface area contributed by atoms with E-state index >= 15 is 0 Å². The fourth-order valence-corrected chi connectivity index (χ4v) is 8.11. The molecule has 1 aliphatic heterocycles. The summed E-state index contributed by atoms with van der Waals surface area (Å²) in [4.78, 5) is 49.0. The quantitative estimate of drug-likeness (QED) is 0.207. The maximum absolute atomic E-state index is 12.7. The van der Waals surface area contributed by atoms with Crippen molar-refractivity contribution in [2.75, 3.05) is 13.2 Å². The third-order valence-corrected chi connectivity index (χ3v) is 9.94. The molecule has 0 amide bonds. The summed E-state index contributed by atoms with van der Waals surface area (Å²) in [6.07, 6.45) is 3.61. The van der Waals surface area contributed by atoms with E-state index in [0.717, 1.165) is 46.5 Å². The van der Waals surface area contributed by atoms with Gasteiger partial charge in [0.25, 0.3) is 0 Å². The Bertz CT molecular complexity index is 1520. The molecule has 14 heteroatoms. The monoisotopic (exact) mass is 769 g/mol. The second-order valence-corrected chi connectivity index (χ2v) is 13.4. The number of benzene rings is 1. The lowest BCUT2D eigenvalue weighted by atomic mass is 9.98. The second-order valence-electron chi connectivity index (χ2n) is 11.8. The number of esters is 3. The molecular weight excluding hydrogens is 734 g/mol. The van der Waals surface area contributed by atoms with Crippen LogP contribution in [-0.4, -0.2) is 77.4 Å². The molecule has 0 spiro atoms. The van der Waals surface area contributed by atoms with Crippen LogP contribution in [0.2, 0.25) is 0 Å². The Hall–Kier alpha value is -2.94. The average Bonchev–Trinajstić information content (AvgIpc) is 3.45. The van der Waals surface area contributed by atoms with Crippen LogP contribution >= 0.6 is 31.9 Å². The van der Waals surface area contributed by atoms with Crippen LogP contribution in [0, 0.1) is 17.8 Å². The number of hydrogen-bond donors (Lipinski definition) is 1. The molecule has 46 heavy (non-hydrogen) atoms. The van der Waals surface area contributed by atoms with E-state index in [9.17, 15) is 24.3 Å². The van der Waals surface area contributed by atoms with Crippen molar-refractivity contribution in [2.45, 2.75) is 84.1 Å². The minimum absolute atomic E-state index is 0.153. The minimum atomic E-state index is -1.46. The predicted molar refractivity (Wildman–Crippen MR) is 170 cm³/mol. The van der Waals surface area contributed by atoms with Crippen molar-refractivity contribution in [3.8, 4) is 11.5 Å². The smallest absolute Gasteiger partial charge is 0.303 e. The molecule has 12 nitrogen and oxygen atoms in total. The summed E-state index contributed by atoms with van der Waals surface area (Å²) in [5, 5.41) is 10.6. The lowest BCUT2D eigenvalue weighted by Gasteiger charge is -2.43. The van der Waals surface area contributed by atoms with E-state index < -0.39 is 55.2 Å². The van der Waals surface area contributed by atoms with Crippen LogP contribution in [-0.2, 0) is 33.3 Å². The first kappa shape index (κ1) is 34.4. The molecule has 0 radical (unpaired) electrons. The summed E-state index contributed by atoms with van der Waals surface area (Å²) in [7, 11) is 0. The Balaban J connectivity index is 1.50. The van der Waals surface area contributed by atoms with Crippen LogP contribution < -0.4 is 9.47 Å². The van der Waals surface area contributed by atoms with Crippen molar-refractivity contribution in [1.82, 2.24) is 4.57 Å². The first-order valence-electron chi connectivity index (χ1n) is 15.2. The number of carbonyl (C=O) groups excluding carboxylic acids is 4. The molecular formula is C32H37Br2NO11. The third kappa shape index (κ3) is 7.29. The van der Waals surface area contributed by atoms with Crippen molar-refractivity contribution in [1.29, 1.82) is 0 Å². The number of allylic oxidation sites excluding steroid dienone is 2. The summed E-state index contributed by atoms with van der Waals surface area (Å²) >= 11 is 7.29. The molecule has 1 aromatic carbocycles. The SMILES string of the molecule is CC(=O)O[C@@H]1[C@@H](OC(C)=O)[C@H](Oc2cn(C(C)=O)c3cc(Br)c(OC[C@@H]4C5CC/C=C\CC[C@@H]54)c(Br)c23)O[C@H](CO)[C@H]1OC(C)=O. The second kappa shape index (κ2) is 14.4. The molecule has 8 atom stereocenters. The van der Waals surface area contributed by atoms with E-state index in [0.29, 0.717) is 50.0 Å². The van der Waals surface area contributed by atoms with Crippen molar-refractivity contribution in [2.24, 2.45) is 17.8 Å². The van der Waals surface area contributed by atoms with Gasteiger partial charge >= 0.3 is 17.9 Å². The van der Waals surface area contributed by atoms with Gasteiger partial charge in [-0.25, -0.2) is 0 Å². The Morgan fingerprint density at radius 2 is 1.50 bits per heavy atom. The number of aliphatic hydroxyl groups excluding tert-OH is 1. The van der Waals surface area contributed by atoms with Gasteiger partial charge in [0.05, 0.1) is 39.3 Å². The number of rotatable bonds is 9. The number of aliphatic hydroxyl groups is 1. The Morgan fingerprint density at radius 3 is 2.07 bits per heavy atom. The number of hydrogen-bond acceptors (Lipinski definition) is 11. The van der Waals surface area contributed by atoms with Crippen LogP contribution in [0.3, 0.4) is 0 Å². The summed E-state index contributed by atoms with van der Waals surface area (Å²) in [6.45, 7) is 4.71. The number of aromatic nitrogens is 1. The van der Waals surface area contributed by atoms with Gasteiger partial charge in [-0.2, -0.15) is 0 Å². The van der Waals surface area contributed by atoms with Crippen molar-refractivity contribution in [3.05, 3.63) is 33.4 Å². The van der Waals surface area contributed by atoms with Crippen LogP contribution in [0.4, 0.5) is 0 Å². The number of halogens is 2. The summed E-state index contributed by atoms with van der Waals surface area (Å²) in [5.41, 5.74) is 0.487. The largest absolute Gasteiger partial charge is 0.491 e. The zero-order valence-corrected chi connectivity index (χ0v) is 29.1. The molecule has 1 unspecified atom stereocenters. The highest BCUT2D eigenvalue weighted by Crippen LogP contribution is 2.54. The zero-order chi connectivity index (χ0) is 33.3. The average molecular weight is 771 g/mol. The molecule has 2 aromatic rings. The number of nitrogens with zero attached hydrogens (tertiary/aromatic N) is 1. The molecule has 1 saturated heterocycles. The summed E-state index contributed by atoms with van der Waals surface area (Å²) in [6, 6.07) is 1.75. The van der Waals surface area contributed by atoms with E-state index in [4.69, 9.17) is 28.4 Å². The van der Waals surface area contributed by atoms with Gasteiger partial charge in [0.1, 0.15) is 17.6 Å². The summed E-state index contributed by atoms with van der Waals surface area (Å²) in [5.74, 6) is -0.154. The molecule has 1 N–H and O–H groups in total. The Morgan fingerprint density at radius 1 is 0.913 bits per heavy atom. The van der Waals surface area contributed by atoms with Crippen LogP contribution in [0.5, 0.6) is 11.5 Å². The number of fused-ring (bicyclic) bond motifs is 2. The summed E-state index contributed by atoms with van der Waals surface area (Å²) < 4.78 is 37.5. The molecule has 2 fully saturated rings. The molecule has 1 aromatic heterocycles. The lowest BCUT2D eigenvalue weighted by Crippen LogP contribution is -2.63. The molecule has 3 aliphatic rings. The number of carbonyl (C=O) groups is 4. The number of ether oxygens (including phenoxy) is 6. The zero-order valence-electron chi connectivity index (χ0n) is 25.9. The van der Waals surface area contributed by atoms with Gasteiger partial charge in [-0.15, -0.1) is 0 Å². The topological polar surface area (TPSA) is 149 Å². The van der Waals surface area contributed by atoms with Gasteiger partial charge in [0.15, 0.2) is 12.2 Å². The van der Waals surface area contributed by atoms with Gasteiger partial charge in [0.2, 0.25) is 18.3 Å². The highest BCUT2D eigenvalue weighted by atomic mass is 79.9. The first-order valence-corrected chi connectivity index (χ1v) is 16.8. The van der Waals surface area contributed by atoms with Gasteiger partial charge < -0.3 is 33.5 Å². The standard InChI is InChI=1S/C32H37Br2NO11/c1-15(37)35-12-24(45-32-31(44-18(4)40)30(43-17(3)39)29(42-16(2)38)25(13-36)46-32)26-23(35)11-22(33)28(27(26)34)41-14-21-19-9-7-5-6-8-10-20(19)21/h5-6,11-12,19-21,25,29-32,36H,7-10,13-14H2,1-4H3/b6-5-/t19-,20?,21-,25+,29+,30-,31+,32+/m0/s1. The minimum Gasteiger partial charge on any atom is -0.491 e. The van der Waals surface area contributed by atoms with E-state index in [2.05, 4.69) is 44.0 Å². The van der Waals surface area contributed by atoms with Gasteiger partial charge in [-0.1, -0.05) is 12.2 Å². The highest BCUT2D eigenvalue weighted by molar-refractivity contribution is 9.11. The molecule has 2 heterocycles. The van der Waals surface area contributed by atoms with Gasteiger partial charge in [0, 0.05) is 27.7 Å². The third-order valence-electron chi connectivity index (χ3n) is 8.60. The van der Waals surface area contributed by atoms with Gasteiger partial charge in [-0.3, -0.25) is 23.7 Å². The van der Waals surface area contributed by atoms with Crippen LogP contribution in [0.15, 0.2) is 33.4 Å². The fourth-order valence-electron chi connectivity index (χ4n) is 6.59. The maximum Gasteiger partial charge on any atom is 0.303 e. The Kier molecular flexibility index (Phi) is 10.8. The molecule has 2 aliphatic carbocycles. The molecule has 5 rings (SSSR count). The van der Waals surface area contributed by atoms with E-state index in [1.54, 1.807) is 6.07 Å². The highest BCUT2D eigenvalue weighted by Gasteiger charge is 2.53. The van der Waals surface area contributed by atoms with E-state index in [1.165, 1.54) is 17.7 Å². The Labute approximate surface area is 282 Å². The van der Waals surface area contributed by atoms with E-state index in [-0.39, 0.29) is 11.7 Å². The first-order chi connectivity index (χ1) is 21.9. The van der Waals surface area contributed by atoms with Gasteiger partial charge in [-0.05, 0) is 81.4 Å². The molecule has 1 saturated carbocycles. The maximum atomic E-state index is 12.7. The lowest BCUT2D eigenvalue weighted by molar-refractivity contribution is -0.287. The predicted octanol–water partition coefficient (Wildman–Crippen LogP) is 5.09. The van der Waals surface area contributed by atoms with Crippen molar-refractivity contribution >= 4 is 66.6 Å². The van der Waals surface area contributed by atoms with Crippen molar-refractivity contribution in [3.63, 3.8) is 0 Å². The normalized spacial score (nSPS) is 29.5. The molecule has 250 valence electrons. The van der Waals surface area contributed by atoms with Crippen LogP contribution in [0.1, 0.15) is 58.2 Å². The van der Waals surface area contributed by atoms with Crippen LogP contribution in [0.25, 0.3) is 10.9 Å². The van der Waals surface area contributed by atoms with Crippen molar-refractivity contribution < 1.29 is 52.7 Å². The molecule has 0 bridgehead atoms.